The molecule has 1 aromatic carbocycles. The summed E-state index contributed by atoms with van der Waals surface area (Å²) in [5.41, 5.74) is 5.15. The van der Waals surface area contributed by atoms with Crippen molar-refractivity contribution in [3.63, 3.8) is 0 Å². The highest BCUT2D eigenvalue weighted by molar-refractivity contribution is 5.94. The first-order chi connectivity index (χ1) is 8.82. The molecule has 0 heterocycles. The molecule has 1 aromatic rings. The Morgan fingerprint density at radius 1 is 1.53 bits per heavy atom. The highest BCUT2D eigenvalue weighted by Crippen LogP contribution is 2.25. The van der Waals surface area contributed by atoms with Crippen LogP contribution < -0.4 is 11.1 Å². The summed E-state index contributed by atoms with van der Waals surface area (Å²) in [6.07, 6.45) is -0.615. The van der Waals surface area contributed by atoms with E-state index in [0.717, 1.165) is 6.07 Å². The number of nitro benzene ring substituents is 1. The number of hydrogen-bond donors (Lipinski definition) is 3. The number of primary amides is 1. The van der Waals surface area contributed by atoms with Gasteiger partial charge in [-0.1, -0.05) is 13.8 Å². The first-order valence-electron chi connectivity index (χ1n) is 5.83. The molecule has 4 N–H and O–H groups in total. The molecule has 7 nitrogen and oxygen atoms in total. The van der Waals surface area contributed by atoms with Crippen molar-refractivity contribution in [3.8, 4) is 0 Å². The van der Waals surface area contributed by atoms with Gasteiger partial charge in [0.1, 0.15) is 5.69 Å². The van der Waals surface area contributed by atoms with Crippen LogP contribution in [0.1, 0.15) is 24.2 Å². The standard InChI is InChI=1S/C12H17N3O4/c1-7(2)11(16)6-14-9-4-3-8(12(13)17)5-10(9)15(18)19/h3-5,7,11,14,16H,6H2,1-2H3,(H2,13,17). The number of carbonyl (C=O) groups excluding carboxylic acids is 1. The summed E-state index contributed by atoms with van der Waals surface area (Å²) in [4.78, 5) is 21.3. The number of aliphatic hydroxyl groups excluding tert-OH is 1. The van der Waals surface area contributed by atoms with Crippen LogP contribution in [0.3, 0.4) is 0 Å². The fourth-order valence-electron chi connectivity index (χ4n) is 1.44. The van der Waals surface area contributed by atoms with E-state index in [1.807, 2.05) is 13.8 Å². The van der Waals surface area contributed by atoms with Crippen LogP contribution in [0, 0.1) is 16.0 Å². The van der Waals surface area contributed by atoms with E-state index < -0.39 is 16.9 Å². The van der Waals surface area contributed by atoms with Crippen molar-refractivity contribution in [1.29, 1.82) is 0 Å². The molecule has 0 aliphatic carbocycles. The van der Waals surface area contributed by atoms with E-state index in [0.29, 0.717) is 0 Å². The lowest BCUT2D eigenvalue weighted by molar-refractivity contribution is -0.384. The summed E-state index contributed by atoms with van der Waals surface area (Å²) in [7, 11) is 0. The largest absolute Gasteiger partial charge is 0.391 e. The summed E-state index contributed by atoms with van der Waals surface area (Å²) in [5.74, 6) is -0.687. The molecule has 0 aliphatic rings. The van der Waals surface area contributed by atoms with Crippen molar-refractivity contribution >= 4 is 17.3 Å². The Morgan fingerprint density at radius 3 is 2.63 bits per heavy atom. The Bertz CT molecular complexity index is 488. The normalized spacial score (nSPS) is 12.2. The van der Waals surface area contributed by atoms with Crippen LogP contribution in [0.4, 0.5) is 11.4 Å². The van der Waals surface area contributed by atoms with Crippen molar-refractivity contribution in [1.82, 2.24) is 0 Å². The summed E-state index contributed by atoms with van der Waals surface area (Å²) in [5, 5.41) is 23.4. The number of anilines is 1. The second-order valence-electron chi connectivity index (χ2n) is 4.55. The molecule has 1 amide bonds. The molecular formula is C12H17N3O4. The van der Waals surface area contributed by atoms with Crippen molar-refractivity contribution < 1.29 is 14.8 Å². The van der Waals surface area contributed by atoms with Crippen LogP contribution >= 0.6 is 0 Å². The number of nitrogens with two attached hydrogens (primary N) is 1. The van der Waals surface area contributed by atoms with Crippen molar-refractivity contribution in [3.05, 3.63) is 33.9 Å². The number of nitrogens with one attached hydrogen (secondary N) is 1. The molecule has 1 unspecified atom stereocenters. The molecular weight excluding hydrogens is 250 g/mol. The monoisotopic (exact) mass is 267 g/mol. The molecule has 104 valence electrons. The quantitative estimate of drug-likeness (QED) is 0.527. The predicted octanol–water partition coefficient (Wildman–Crippen LogP) is 1.12. The lowest BCUT2D eigenvalue weighted by Gasteiger charge is -2.16. The summed E-state index contributed by atoms with van der Waals surface area (Å²) in [6.45, 7) is 3.88. The van der Waals surface area contributed by atoms with Crippen LogP contribution in [0.15, 0.2) is 18.2 Å². The van der Waals surface area contributed by atoms with Crippen LogP contribution in [0.2, 0.25) is 0 Å². The van der Waals surface area contributed by atoms with Crippen LogP contribution in [0.5, 0.6) is 0 Å². The van der Waals surface area contributed by atoms with Gasteiger partial charge in [0.25, 0.3) is 5.69 Å². The maximum atomic E-state index is 11.0. The minimum Gasteiger partial charge on any atom is -0.391 e. The number of hydrogen-bond acceptors (Lipinski definition) is 5. The molecule has 0 aromatic heterocycles. The molecule has 0 spiro atoms. The smallest absolute Gasteiger partial charge is 0.293 e. The minimum absolute atomic E-state index is 0.0384. The van der Waals surface area contributed by atoms with Crippen molar-refractivity contribution in [2.24, 2.45) is 11.7 Å². The van der Waals surface area contributed by atoms with Gasteiger partial charge in [-0.25, -0.2) is 0 Å². The number of nitrogens with zero attached hydrogens (tertiary/aromatic N) is 1. The summed E-state index contributed by atoms with van der Waals surface area (Å²) >= 11 is 0. The third-order valence-electron chi connectivity index (χ3n) is 2.75. The summed E-state index contributed by atoms with van der Waals surface area (Å²) in [6, 6.07) is 3.93. The van der Waals surface area contributed by atoms with E-state index in [2.05, 4.69) is 5.32 Å². The Hall–Kier alpha value is -2.15. The topological polar surface area (TPSA) is 118 Å². The van der Waals surface area contributed by atoms with Gasteiger partial charge in [0.15, 0.2) is 0 Å². The molecule has 7 heteroatoms. The zero-order valence-electron chi connectivity index (χ0n) is 10.8. The van der Waals surface area contributed by atoms with E-state index in [1.165, 1.54) is 12.1 Å². The third kappa shape index (κ3) is 3.92. The lowest BCUT2D eigenvalue weighted by Crippen LogP contribution is -2.25. The zero-order chi connectivity index (χ0) is 14.6. The van der Waals surface area contributed by atoms with Gasteiger partial charge in [-0.3, -0.25) is 14.9 Å². The van der Waals surface area contributed by atoms with Gasteiger partial charge in [-0.05, 0) is 18.1 Å². The number of rotatable bonds is 6. The van der Waals surface area contributed by atoms with Crippen LogP contribution in [-0.4, -0.2) is 28.6 Å². The van der Waals surface area contributed by atoms with Crippen molar-refractivity contribution in [2.75, 3.05) is 11.9 Å². The fourth-order valence-corrected chi connectivity index (χ4v) is 1.44. The van der Waals surface area contributed by atoms with Gasteiger partial charge < -0.3 is 16.2 Å². The number of carbonyl (C=O) groups is 1. The van der Waals surface area contributed by atoms with E-state index >= 15 is 0 Å². The van der Waals surface area contributed by atoms with E-state index in [-0.39, 0.29) is 29.4 Å². The van der Waals surface area contributed by atoms with Gasteiger partial charge in [0, 0.05) is 18.2 Å². The maximum Gasteiger partial charge on any atom is 0.293 e. The first kappa shape index (κ1) is 14.9. The second-order valence-corrected chi connectivity index (χ2v) is 4.55. The first-order valence-corrected chi connectivity index (χ1v) is 5.83. The highest BCUT2D eigenvalue weighted by Gasteiger charge is 2.17. The fraction of sp³-hybridized carbons (Fsp3) is 0.417. The molecule has 0 fully saturated rings. The average molecular weight is 267 g/mol. The van der Waals surface area contributed by atoms with E-state index in [9.17, 15) is 20.0 Å². The molecule has 1 rings (SSSR count). The third-order valence-corrected chi connectivity index (χ3v) is 2.75. The van der Waals surface area contributed by atoms with Gasteiger partial charge in [-0.15, -0.1) is 0 Å². The number of aliphatic hydroxyl groups is 1. The second kappa shape index (κ2) is 6.14. The van der Waals surface area contributed by atoms with Crippen molar-refractivity contribution in [2.45, 2.75) is 20.0 Å². The van der Waals surface area contributed by atoms with Crippen LogP contribution in [-0.2, 0) is 0 Å². The predicted molar refractivity (Wildman–Crippen MR) is 70.9 cm³/mol. The molecule has 0 aliphatic heterocycles. The van der Waals surface area contributed by atoms with Gasteiger partial charge in [-0.2, -0.15) is 0 Å². The molecule has 0 saturated carbocycles. The molecule has 0 saturated heterocycles. The van der Waals surface area contributed by atoms with Gasteiger partial charge >= 0.3 is 0 Å². The highest BCUT2D eigenvalue weighted by atomic mass is 16.6. The lowest BCUT2D eigenvalue weighted by atomic mass is 10.1. The number of amides is 1. The molecule has 1 atom stereocenters. The number of benzene rings is 1. The zero-order valence-corrected chi connectivity index (χ0v) is 10.8. The van der Waals surface area contributed by atoms with Gasteiger partial charge in [0.05, 0.1) is 11.0 Å². The van der Waals surface area contributed by atoms with Gasteiger partial charge in [0.2, 0.25) is 5.91 Å². The maximum absolute atomic E-state index is 11.0. The Kier molecular flexibility index (Phi) is 4.82. The number of nitro groups is 1. The SMILES string of the molecule is CC(C)C(O)CNc1ccc(C(N)=O)cc1[N+](=O)[O-]. The molecule has 0 radical (unpaired) electrons. The Morgan fingerprint density at radius 2 is 2.16 bits per heavy atom. The summed E-state index contributed by atoms with van der Waals surface area (Å²) < 4.78 is 0. The Labute approximate surface area is 110 Å². The van der Waals surface area contributed by atoms with Crippen LogP contribution in [0.25, 0.3) is 0 Å². The molecule has 19 heavy (non-hydrogen) atoms. The molecule has 0 bridgehead atoms. The van der Waals surface area contributed by atoms with E-state index in [1.54, 1.807) is 0 Å². The Balaban J connectivity index is 2.94. The minimum atomic E-state index is -0.725. The average Bonchev–Trinajstić information content (AvgIpc) is 2.35. The van der Waals surface area contributed by atoms with E-state index in [4.69, 9.17) is 5.73 Å².